The highest BCUT2D eigenvalue weighted by Gasteiger charge is 2.26. The molecule has 5 rings (SSSR count). The van der Waals surface area contributed by atoms with Crippen LogP contribution in [0.5, 0.6) is 11.5 Å². The zero-order valence-electron chi connectivity index (χ0n) is 20.1. The number of hydrogen-bond donors (Lipinski definition) is 0. The molecule has 0 saturated carbocycles. The molecule has 0 saturated heterocycles. The Morgan fingerprint density at radius 3 is 2.42 bits per heavy atom. The lowest BCUT2D eigenvalue weighted by atomic mass is 10.1. The van der Waals surface area contributed by atoms with E-state index in [4.69, 9.17) is 34.3 Å². The molecule has 2 aromatic carbocycles. The summed E-state index contributed by atoms with van der Waals surface area (Å²) in [5.74, 6) is 2.53. The van der Waals surface area contributed by atoms with Crippen LogP contribution in [-0.2, 0) is 6.61 Å². The highest BCUT2D eigenvalue weighted by Crippen LogP contribution is 2.43. The van der Waals surface area contributed by atoms with Crippen molar-refractivity contribution < 1.29 is 22.7 Å². The highest BCUT2D eigenvalue weighted by atomic mass is 79.9. The molecule has 5 aromatic rings. The topological polar surface area (TPSA) is 94.0 Å². The Bertz CT molecular complexity index is 1600. The summed E-state index contributed by atoms with van der Waals surface area (Å²) in [6.45, 7) is 2.68. The standard InChI is InChI=1S/C29H20BrClN2O5/c1-2-34-25-14-19(13-22(30)27(25)37-17-18-7-9-20(31)10-8-18)16-33-29-21(15-32)26(23-5-3-11-35-23)28(38-29)24-6-4-12-36-24/h3-14,16H,2,17H2,1H3. The van der Waals surface area contributed by atoms with Crippen LogP contribution < -0.4 is 9.47 Å². The van der Waals surface area contributed by atoms with E-state index < -0.39 is 0 Å². The Morgan fingerprint density at radius 1 is 1.03 bits per heavy atom. The molecule has 0 bridgehead atoms. The summed E-state index contributed by atoms with van der Waals surface area (Å²) in [6.07, 6.45) is 4.65. The maximum Gasteiger partial charge on any atom is 0.238 e. The van der Waals surface area contributed by atoms with Gasteiger partial charge in [-0.1, -0.05) is 23.7 Å². The van der Waals surface area contributed by atoms with E-state index in [-0.39, 0.29) is 11.4 Å². The van der Waals surface area contributed by atoms with Gasteiger partial charge in [0.25, 0.3) is 0 Å². The highest BCUT2D eigenvalue weighted by molar-refractivity contribution is 9.10. The third-order valence-corrected chi connectivity index (χ3v) is 6.31. The van der Waals surface area contributed by atoms with Gasteiger partial charge in [0.2, 0.25) is 5.88 Å². The second-order valence-corrected chi connectivity index (χ2v) is 9.28. The molecule has 0 N–H and O–H groups in total. The molecule has 3 aromatic heterocycles. The van der Waals surface area contributed by atoms with Crippen molar-refractivity contribution in [2.45, 2.75) is 13.5 Å². The summed E-state index contributed by atoms with van der Waals surface area (Å²) in [7, 11) is 0. The fourth-order valence-electron chi connectivity index (χ4n) is 3.79. The molecular formula is C29H20BrClN2O5. The molecule has 0 spiro atoms. The van der Waals surface area contributed by atoms with Crippen molar-refractivity contribution in [2.24, 2.45) is 4.99 Å². The Kier molecular flexibility index (Phi) is 7.68. The van der Waals surface area contributed by atoms with Gasteiger partial charge >= 0.3 is 0 Å². The van der Waals surface area contributed by atoms with Gasteiger partial charge in [0.05, 0.1) is 29.2 Å². The summed E-state index contributed by atoms with van der Waals surface area (Å²) < 4.78 is 29.7. The Morgan fingerprint density at radius 2 is 1.76 bits per heavy atom. The lowest BCUT2D eigenvalue weighted by molar-refractivity contribution is 0.267. The van der Waals surface area contributed by atoms with E-state index in [0.29, 0.717) is 62.6 Å². The smallest absolute Gasteiger partial charge is 0.238 e. The summed E-state index contributed by atoms with van der Waals surface area (Å²) in [6, 6.07) is 20.3. The van der Waals surface area contributed by atoms with Crippen molar-refractivity contribution in [1.29, 1.82) is 5.26 Å². The summed E-state index contributed by atoms with van der Waals surface area (Å²) in [5, 5.41) is 10.6. The monoisotopic (exact) mass is 590 g/mol. The van der Waals surface area contributed by atoms with Crippen LogP contribution in [0.2, 0.25) is 5.02 Å². The zero-order chi connectivity index (χ0) is 26.5. The first-order chi connectivity index (χ1) is 18.6. The Labute approximate surface area is 232 Å². The van der Waals surface area contributed by atoms with Crippen molar-refractivity contribution in [2.75, 3.05) is 6.61 Å². The van der Waals surface area contributed by atoms with Crippen LogP contribution in [0.15, 0.2) is 95.9 Å². The van der Waals surface area contributed by atoms with Gasteiger partial charge in [0.15, 0.2) is 23.0 Å². The molecule has 0 fully saturated rings. The SMILES string of the molecule is CCOc1cc(C=Nc2oc(-c3ccco3)c(-c3ccco3)c2C#N)cc(Br)c1OCc1ccc(Cl)cc1. The number of rotatable bonds is 9. The first-order valence-corrected chi connectivity index (χ1v) is 12.8. The summed E-state index contributed by atoms with van der Waals surface area (Å²) in [4.78, 5) is 4.49. The Balaban J connectivity index is 1.48. The number of hydrogen-bond acceptors (Lipinski definition) is 7. The first-order valence-electron chi connectivity index (χ1n) is 11.6. The predicted octanol–water partition coefficient (Wildman–Crippen LogP) is 8.82. The zero-order valence-corrected chi connectivity index (χ0v) is 22.5. The molecule has 9 heteroatoms. The maximum atomic E-state index is 9.96. The molecule has 3 heterocycles. The minimum absolute atomic E-state index is 0.127. The lowest BCUT2D eigenvalue weighted by Crippen LogP contribution is -2.01. The Hall–Kier alpha value is -4.19. The van der Waals surface area contributed by atoms with Crippen LogP contribution in [0.4, 0.5) is 5.88 Å². The molecule has 0 aliphatic carbocycles. The van der Waals surface area contributed by atoms with E-state index in [1.165, 1.54) is 12.5 Å². The predicted molar refractivity (Wildman–Crippen MR) is 147 cm³/mol. The minimum atomic E-state index is 0.127. The van der Waals surface area contributed by atoms with E-state index in [2.05, 4.69) is 27.0 Å². The molecule has 0 amide bonds. The number of benzene rings is 2. The van der Waals surface area contributed by atoms with Gasteiger partial charge in [-0.05, 0) is 82.5 Å². The largest absolute Gasteiger partial charge is 0.490 e. The maximum absolute atomic E-state index is 9.96. The van der Waals surface area contributed by atoms with Gasteiger partial charge in [-0.3, -0.25) is 0 Å². The average molecular weight is 592 g/mol. The van der Waals surface area contributed by atoms with E-state index in [1.807, 2.05) is 43.3 Å². The first kappa shape index (κ1) is 25.5. The van der Waals surface area contributed by atoms with Crippen LogP contribution >= 0.6 is 27.5 Å². The number of ether oxygens (including phenoxy) is 2. The van der Waals surface area contributed by atoms with Gasteiger partial charge in [-0.25, -0.2) is 4.99 Å². The van der Waals surface area contributed by atoms with Crippen LogP contribution in [-0.4, -0.2) is 12.8 Å². The molecule has 0 radical (unpaired) electrons. The van der Waals surface area contributed by atoms with Crippen molar-refractivity contribution in [3.05, 3.63) is 99.4 Å². The normalized spacial score (nSPS) is 11.1. The quantitative estimate of drug-likeness (QED) is 0.159. The van der Waals surface area contributed by atoms with Gasteiger partial charge in [-0.2, -0.15) is 5.26 Å². The van der Waals surface area contributed by atoms with Crippen LogP contribution in [0.25, 0.3) is 22.8 Å². The summed E-state index contributed by atoms with van der Waals surface area (Å²) >= 11 is 9.57. The van der Waals surface area contributed by atoms with E-state index in [1.54, 1.807) is 30.5 Å². The summed E-state index contributed by atoms with van der Waals surface area (Å²) in [5.41, 5.74) is 2.38. The minimum Gasteiger partial charge on any atom is -0.490 e. The van der Waals surface area contributed by atoms with Crippen LogP contribution in [0, 0.1) is 11.3 Å². The number of halogens is 2. The van der Waals surface area contributed by atoms with Crippen molar-refractivity contribution >= 4 is 39.6 Å². The number of nitriles is 1. The van der Waals surface area contributed by atoms with Crippen molar-refractivity contribution in [1.82, 2.24) is 0 Å². The van der Waals surface area contributed by atoms with Gasteiger partial charge < -0.3 is 22.7 Å². The molecular weight excluding hydrogens is 572 g/mol. The molecule has 190 valence electrons. The fourth-order valence-corrected chi connectivity index (χ4v) is 4.49. The fraction of sp³-hybridized carbons (Fsp3) is 0.103. The third-order valence-electron chi connectivity index (χ3n) is 5.47. The molecule has 0 aliphatic rings. The van der Waals surface area contributed by atoms with Gasteiger partial charge in [0.1, 0.15) is 24.0 Å². The lowest BCUT2D eigenvalue weighted by Gasteiger charge is -2.14. The number of furan rings is 3. The van der Waals surface area contributed by atoms with Crippen LogP contribution in [0.1, 0.15) is 23.6 Å². The van der Waals surface area contributed by atoms with Crippen LogP contribution in [0.3, 0.4) is 0 Å². The molecule has 0 unspecified atom stereocenters. The van der Waals surface area contributed by atoms with Crippen molar-refractivity contribution in [3.63, 3.8) is 0 Å². The van der Waals surface area contributed by atoms with E-state index in [0.717, 1.165) is 5.56 Å². The third kappa shape index (κ3) is 5.40. The average Bonchev–Trinajstić information content (AvgIpc) is 3.69. The second kappa shape index (κ2) is 11.5. The molecule has 0 atom stereocenters. The second-order valence-electron chi connectivity index (χ2n) is 7.99. The molecule has 0 aliphatic heterocycles. The molecule has 38 heavy (non-hydrogen) atoms. The number of nitrogens with zero attached hydrogens (tertiary/aromatic N) is 2. The van der Waals surface area contributed by atoms with Gasteiger partial charge in [-0.15, -0.1) is 0 Å². The van der Waals surface area contributed by atoms with Gasteiger partial charge in [0, 0.05) is 11.2 Å². The molecule has 7 nitrogen and oxygen atoms in total. The van der Waals surface area contributed by atoms with E-state index >= 15 is 0 Å². The van der Waals surface area contributed by atoms with Crippen molar-refractivity contribution in [3.8, 4) is 40.4 Å². The number of aliphatic imine (C=N–C) groups is 1. The van der Waals surface area contributed by atoms with E-state index in [9.17, 15) is 5.26 Å².